The molecule has 0 aliphatic heterocycles. The molecule has 0 rings (SSSR count). The van der Waals surface area contributed by atoms with Crippen molar-refractivity contribution in [2.24, 2.45) is 0 Å². The first kappa shape index (κ1) is 45.2. The summed E-state index contributed by atoms with van der Waals surface area (Å²) in [5, 5.41) is 0. The summed E-state index contributed by atoms with van der Waals surface area (Å²) in [7, 11) is 4.05. The van der Waals surface area contributed by atoms with E-state index in [-0.39, 0.29) is 5.97 Å². The van der Waals surface area contributed by atoms with E-state index in [0.717, 1.165) is 26.0 Å². The number of carbonyl (C=O) groups is 1. The van der Waals surface area contributed by atoms with Crippen LogP contribution < -0.4 is 0 Å². The van der Waals surface area contributed by atoms with E-state index in [9.17, 15) is 4.79 Å². The van der Waals surface area contributed by atoms with Gasteiger partial charge in [-0.15, -0.1) is 0 Å². The number of ether oxygens (including phenoxy) is 8. The highest BCUT2D eigenvalue weighted by Crippen LogP contribution is 2.13. The van der Waals surface area contributed by atoms with Gasteiger partial charge in [0.05, 0.1) is 92.5 Å². The van der Waals surface area contributed by atoms with E-state index >= 15 is 0 Å². The normalized spacial score (nSPS) is 11.6. The highest BCUT2D eigenvalue weighted by Gasteiger charge is 2.03. The molecule has 0 aromatic carbocycles. The standard InChI is InChI=1S/C36H73NO9/c1-4-5-6-7-8-9-10-11-12-13-14-15-16-17-18-19-36(38)46-35-34-45-33-32-44-31-30-43-29-28-42-27-26-41-25-24-40-23-22-39-21-20-37(2)3/h4-35H2,1-3H3. The molecule has 0 saturated heterocycles. The topological polar surface area (TPSA) is 94.2 Å². The van der Waals surface area contributed by atoms with Crippen molar-refractivity contribution in [2.75, 3.05) is 120 Å². The molecule has 0 fully saturated rings. The Morgan fingerprint density at radius 1 is 0.391 bits per heavy atom. The third-order valence-electron chi connectivity index (χ3n) is 7.39. The van der Waals surface area contributed by atoms with Crippen molar-refractivity contribution in [2.45, 2.75) is 110 Å². The molecule has 10 nitrogen and oxygen atoms in total. The Labute approximate surface area is 282 Å². The molecule has 46 heavy (non-hydrogen) atoms. The third kappa shape index (κ3) is 41.2. The van der Waals surface area contributed by atoms with Crippen LogP contribution in [0.5, 0.6) is 0 Å². The SMILES string of the molecule is CCCCCCCCCCCCCCCCCC(=O)OCCOCCOCCOCCOCCOCCOCCOCCN(C)C. The largest absolute Gasteiger partial charge is 0.463 e. The molecular formula is C36H73NO9. The molecule has 0 amide bonds. The molecule has 0 aliphatic carbocycles. The lowest BCUT2D eigenvalue weighted by Gasteiger charge is -2.10. The maximum atomic E-state index is 11.9. The smallest absolute Gasteiger partial charge is 0.305 e. The molecule has 10 heteroatoms. The summed E-state index contributed by atoms with van der Waals surface area (Å²) in [6, 6.07) is 0. The number of rotatable bonds is 40. The Hall–Kier alpha value is -0.850. The number of hydrogen-bond acceptors (Lipinski definition) is 10. The van der Waals surface area contributed by atoms with Crippen LogP contribution in [0.2, 0.25) is 0 Å². The molecule has 0 bridgehead atoms. The maximum absolute atomic E-state index is 11.9. The Morgan fingerprint density at radius 3 is 1.00 bits per heavy atom. The highest BCUT2D eigenvalue weighted by atomic mass is 16.6. The Balaban J connectivity index is 3.14. The first-order valence-electron chi connectivity index (χ1n) is 18.5. The molecule has 276 valence electrons. The summed E-state index contributed by atoms with van der Waals surface area (Å²) in [6.07, 6.45) is 20.3. The zero-order valence-electron chi connectivity index (χ0n) is 30.2. The molecule has 0 aromatic rings. The average Bonchev–Trinajstić information content (AvgIpc) is 3.04. The number of likely N-dealkylation sites (N-methyl/N-ethyl adjacent to an activating group) is 1. The van der Waals surface area contributed by atoms with Crippen LogP contribution in [0, 0.1) is 0 Å². The van der Waals surface area contributed by atoms with Crippen LogP contribution in [0.15, 0.2) is 0 Å². The fourth-order valence-electron chi connectivity index (χ4n) is 4.60. The first-order chi connectivity index (χ1) is 22.7. The zero-order valence-corrected chi connectivity index (χ0v) is 30.2. The molecule has 0 heterocycles. The van der Waals surface area contributed by atoms with Gasteiger partial charge in [-0.05, 0) is 20.5 Å². The van der Waals surface area contributed by atoms with Gasteiger partial charge in [-0.3, -0.25) is 4.79 Å². The summed E-state index contributed by atoms with van der Waals surface area (Å²) in [4.78, 5) is 14.0. The summed E-state index contributed by atoms with van der Waals surface area (Å²) in [6.45, 7) is 10.9. The van der Waals surface area contributed by atoms with Crippen LogP contribution in [-0.2, 0) is 42.7 Å². The predicted molar refractivity (Wildman–Crippen MR) is 185 cm³/mol. The van der Waals surface area contributed by atoms with Crippen LogP contribution in [-0.4, -0.2) is 131 Å². The summed E-state index contributed by atoms with van der Waals surface area (Å²) in [5.41, 5.74) is 0. The van der Waals surface area contributed by atoms with E-state index in [1.807, 2.05) is 14.1 Å². The second kappa shape index (κ2) is 40.3. The van der Waals surface area contributed by atoms with Crippen molar-refractivity contribution in [3.63, 3.8) is 0 Å². The highest BCUT2D eigenvalue weighted by molar-refractivity contribution is 5.69. The molecule has 0 aliphatic rings. The van der Waals surface area contributed by atoms with Gasteiger partial charge >= 0.3 is 5.97 Å². The summed E-state index contributed by atoms with van der Waals surface area (Å²) < 4.78 is 43.6. The van der Waals surface area contributed by atoms with Crippen molar-refractivity contribution in [1.82, 2.24) is 4.90 Å². The number of unbranched alkanes of at least 4 members (excludes halogenated alkanes) is 14. The van der Waals surface area contributed by atoms with Gasteiger partial charge in [-0.25, -0.2) is 0 Å². The number of esters is 1. The molecule has 0 aromatic heterocycles. The fraction of sp³-hybridized carbons (Fsp3) is 0.972. The van der Waals surface area contributed by atoms with Gasteiger partial charge in [0.15, 0.2) is 0 Å². The van der Waals surface area contributed by atoms with E-state index in [0.29, 0.717) is 98.9 Å². The second-order valence-electron chi connectivity index (χ2n) is 12.0. The van der Waals surface area contributed by atoms with Gasteiger partial charge in [-0.1, -0.05) is 96.8 Å². The van der Waals surface area contributed by atoms with Gasteiger partial charge in [0.25, 0.3) is 0 Å². The van der Waals surface area contributed by atoms with E-state index in [1.54, 1.807) is 0 Å². The van der Waals surface area contributed by atoms with Gasteiger partial charge in [-0.2, -0.15) is 0 Å². The third-order valence-corrected chi connectivity index (χ3v) is 7.39. The molecule has 0 N–H and O–H groups in total. The van der Waals surface area contributed by atoms with Crippen LogP contribution in [0.3, 0.4) is 0 Å². The summed E-state index contributed by atoms with van der Waals surface area (Å²) in [5.74, 6) is -0.124. The first-order valence-corrected chi connectivity index (χ1v) is 18.5. The quantitative estimate of drug-likeness (QED) is 0.0537. The molecule has 0 unspecified atom stereocenters. The number of carbonyl (C=O) groups excluding carboxylic acids is 1. The minimum Gasteiger partial charge on any atom is -0.463 e. The van der Waals surface area contributed by atoms with Crippen molar-refractivity contribution < 1.29 is 42.7 Å². The lowest BCUT2D eigenvalue weighted by Crippen LogP contribution is -2.19. The van der Waals surface area contributed by atoms with Gasteiger partial charge in [0, 0.05) is 13.0 Å². The molecule has 0 atom stereocenters. The van der Waals surface area contributed by atoms with E-state index < -0.39 is 0 Å². The molecule has 0 spiro atoms. The lowest BCUT2D eigenvalue weighted by molar-refractivity contribution is -0.145. The van der Waals surface area contributed by atoms with Crippen LogP contribution in [0.25, 0.3) is 0 Å². The van der Waals surface area contributed by atoms with Crippen LogP contribution in [0.1, 0.15) is 110 Å². The fourth-order valence-corrected chi connectivity index (χ4v) is 4.60. The Bertz CT molecular complexity index is 584. The van der Waals surface area contributed by atoms with E-state index in [4.69, 9.17) is 37.9 Å². The minimum absolute atomic E-state index is 0.124. The van der Waals surface area contributed by atoms with E-state index in [2.05, 4.69) is 11.8 Å². The number of nitrogens with zero attached hydrogens (tertiary/aromatic N) is 1. The Morgan fingerprint density at radius 2 is 0.674 bits per heavy atom. The van der Waals surface area contributed by atoms with Crippen molar-refractivity contribution in [3.05, 3.63) is 0 Å². The molecule has 0 saturated carbocycles. The van der Waals surface area contributed by atoms with Crippen LogP contribution >= 0.6 is 0 Å². The van der Waals surface area contributed by atoms with Gasteiger partial charge < -0.3 is 42.8 Å². The van der Waals surface area contributed by atoms with Crippen molar-refractivity contribution >= 4 is 5.97 Å². The second-order valence-corrected chi connectivity index (χ2v) is 12.0. The lowest BCUT2D eigenvalue weighted by atomic mass is 10.0. The predicted octanol–water partition coefficient (Wildman–Crippen LogP) is 6.47. The Kier molecular flexibility index (Phi) is 39.6. The monoisotopic (exact) mass is 664 g/mol. The average molecular weight is 664 g/mol. The maximum Gasteiger partial charge on any atom is 0.305 e. The van der Waals surface area contributed by atoms with Gasteiger partial charge in [0.2, 0.25) is 0 Å². The van der Waals surface area contributed by atoms with E-state index in [1.165, 1.54) is 83.5 Å². The minimum atomic E-state index is -0.124. The van der Waals surface area contributed by atoms with Gasteiger partial charge in [0.1, 0.15) is 6.61 Å². The van der Waals surface area contributed by atoms with Crippen molar-refractivity contribution in [3.8, 4) is 0 Å². The number of hydrogen-bond donors (Lipinski definition) is 0. The molecular weight excluding hydrogens is 590 g/mol. The zero-order chi connectivity index (χ0) is 33.4. The van der Waals surface area contributed by atoms with Crippen LogP contribution in [0.4, 0.5) is 0 Å². The molecule has 0 radical (unpaired) electrons. The van der Waals surface area contributed by atoms with Crippen molar-refractivity contribution in [1.29, 1.82) is 0 Å². The summed E-state index contributed by atoms with van der Waals surface area (Å²) >= 11 is 0.